The molecule has 0 radical (unpaired) electrons. The fourth-order valence-electron chi connectivity index (χ4n) is 1.08. The summed E-state index contributed by atoms with van der Waals surface area (Å²) in [5.41, 5.74) is -0.134. The van der Waals surface area contributed by atoms with Gasteiger partial charge in [-0.2, -0.15) is 15.5 Å². The molecule has 0 unspecified atom stereocenters. The summed E-state index contributed by atoms with van der Waals surface area (Å²) >= 11 is 0. The molecule has 0 fully saturated rings. The van der Waals surface area contributed by atoms with Crippen LogP contribution in [0, 0.1) is 17.2 Å². The maximum atomic E-state index is 8.63. The smallest absolute Gasteiger partial charge is 0.0840 e. The Morgan fingerprint density at radius 1 is 1.29 bits per heavy atom. The van der Waals surface area contributed by atoms with Gasteiger partial charge >= 0.3 is 0 Å². The third-order valence-electron chi connectivity index (χ3n) is 1.59. The van der Waals surface area contributed by atoms with Crippen molar-refractivity contribution in [3.05, 3.63) is 0 Å². The first-order valence-electron chi connectivity index (χ1n) is 5.14. The van der Waals surface area contributed by atoms with E-state index in [1.807, 2.05) is 20.8 Å². The zero-order valence-corrected chi connectivity index (χ0v) is 9.91. The van der Waals surface area contributed by atoms with Crippen molar-refractivity contribution < 1.29 is 0 Å². The second-order valence-electron chi connectivity index (χ2n) is 5.03. The normalized spacial score (nSPS) is 14.6. The van der Waals surface area contributed by atoms with Gasteiger partial charge in [-0.25, -0.2) is 0 Å². The van der Waals surface area contributed by atoms with E-state index in [-0.39, 0.29) is 11.6 Å². The van der Waals surface area contributed by atoms with Crippen molar-refractivity contribution in [2.24, 2.45) is 16.1 Å². The van der Waals surface area contributed by atoms with Crippen LogP contribution in [0.2, 0.25) is 0 Å². The van der Waals surface area contributed by atoms with E-state index in [0.29, 0.717) is 12.3 Å². The Morgan fingerprint density at radius 3 is 2.21 bits per heavy atom. The van der Waals surface area contributed by atoms with Gasteiger partial charge in [0.25, 0.3) is 0 Å². The van der Waals surface area contributed by atoms with Crippen molar-refractivity contribution in [3.8, 4) is 6.07 Å². The van der Waals surface area contributed by atoms with Crippen LogP contribution >= 0.6 is 0 Å². The lowest BCUT2D eigenvalue weighted by atomic mass is 10.0. The van der Waals surface area contributed by atoms with Crippen LogP contribution in [0.4, 0.5) is 0 Å². The third kappa shape index (κ3) is 7.72. The van der Waals surface area contributed by atoms with E-state index in [1.54, 1.807) is 0 Å². The first kappa shape index (κ1) is 13.1. The summed E-state index contributed by atoms with van der Waals surface area (Å²) in [6.07, 6.45) is 1.41. The highest BCUT2D eigenvalue weighted by Gasteiger charge is 2.12. The molecule has 0 heterocycles. The number of azo groups is 1. The summed E-state index contributed by atoms with van der Waals surface area (Å²) in [6.45, 7) is 10.3. The Labute approximate surface area is 87.2 Å². The number of rotatable bonds is 4. The fourth-order valence-corrected chi connectivity index (χ4v) is 1.08. The summed E-state index contributed by atoms with van der Waals surface area (Å²) in [5.74, 6) is 0.562. The first-order valence-corrected chi connectivity index (χ1v) is 5.14. The maximum Gasteiger partial charge on any atom is 0.0840 e. The van der Waals surface area contributed by atoms with E-state index < -0.39 is 0 Å². The highest BCUT2D eigenvalue weighted by Crippen LogP contribution is 2.15. The van der Waals surface area contributed by atoms with Crippen molar-refractivity contribution >= 4 is 0 Å². The van der Waals surface area contributed by atoms with Gasteiger partial charge in [-0.05, 0) is 33.1 Å². The Morgan fingerprint density at radius 2 is 1.86 bits per heavy atom. The van der Waals surface area contributed by atoms with E-state index in [2.05, 4.69) is 30.1 Å². The number of hydrogen-bond donors (Lipinski definition) is 0. The van der Waals surface area contributed by atoms with Gasteiger partial charge in [-0.15, -0.1) is 0 Å². The molecule has 1 atom stereocenters. The minimum absolute atomic E-state index is 0.0687. The fraction of sp³-hybridized carbons (Fsp3) is 0.909. The van der Waals surface area contributed by atoms with Crippen LogP contribution in [0.5, 0.6) is 0 Å². The molecule has 0 N–H and O–H groups in total. The molecule has 0 rings (SSSR count). The van der Waals surface area contributed by atoms with Gasteiger partial charge < -0.3 is 0 Å². The van der Waals surface area contributed by atoms with E-state index in [1.165, 1.54) is 0 Å². The summed E-state index contributed by atoms with van der Waals surface area (Å²) in [5, 5.41) is 17.1. The monoisotopic (exact) mass is 195 g/mol. The minimum Gasteiger partial charge on any atom is -0.198 e. The Balaban J connectivity index is 4.24. The van der Waals surface area contributed by atoms with Crippen molar-refractivity contribution in [1.82, 2.24) is 0 Å². The number of nitrogens with zero attached hydrogens (tertiary/aromatic N) is 3. The minimum atomic E-state index is -0.134. The molecule has 80 valence electrons. The second kappa shape index (κ2) is 5.74. The third-order valence-corrected chi connectivity index (χ3v) is 1.59. The molecule has 0 aliphatic heterocycles. The van der Waals surface area contributed by atoms with Gasteiger partial charge in [-0.1, -0.05) is 13.8 Å². The molecule has 0 amide bonds. The molecule has 0 aromatic heterocycles. The molecule has 0 aromatic rings. The topological polar surface area (TPSA) is 48.5 Å². The molecule has 0 spiro atoms. The Kier molecular flexibility index (Phi) is 5.37. The summed E-state index contributed by atoms with van der Waals surface area (Å²) < 4.78 is 0. The lowest BCUT2D eigenvalue weighted by molar-refractivity contribution is 0.452. The van der Waals surface area contributed by atoms with Gasteiger partial charge in [0.15, 0.2) is 0 Å². The highest BCUT2D eigenvalue weighted by molar-refractivity contribution is 4.81. The largest absolute Gasteiger partial charge is 0.198 e. The highest BCUT2D eigenvalue weighted by atomic mass is 15.2. The van der Waals surface area contributed by atoms with Crippen LogP contribution in [-0.4, -0.2) is 11.6 Å². The molecule has 0 saturated heterocycles. The second-order valence-corrected chi connectivity index (χ2v) is 5.03. The van der Waals surface area contributed by atoms with Gasteiger partial charge in [0.1, 0.15) is 0 Å². The SMILES string of the molecule is CC(C)C[C@@H](CC#N)N=NC(C)(C)C. The number of hydrogen-bond acceptors (Lipinski definition) is 3. The van der Waals surface area contributed by atoms with Crippen LogP contribution in [0.25, 0.3) is 0 Å². The summed E-state index contributed by atoms with van der Waals surface area (Å²) in [6, 6.07) is 2.22. The zero-order chi connectivity index (χ0) is 11.2. The van der Waals surface area contributed by atoms with Gasteiger partial charge in [0.05, 0.1) is 24.1 Å². The van der Waals surface area contributed by atoms with Crippen LogP contribution in [-0.2, 0) is 0 Å². The molecule has 0 aromatic carbocycles. The van der Waals surface area contributed by atoms with E-state index in [4.69, 9.17) is 5.26 Å². The molecular formula is C11H21N3. The Hall–Kier alpha value is -0.910. The van der Waals surface area contributed by atoms with E-state index >= 15 is 0 Å². The van der Waals surface area contributed by atoms with Crippen LogP contribution in [0.3, 0.4) is 0 Å². The molecule has 3 heteroatoms. The molecule has 0 aliphatic rings. The predicted molar refractivity (Wildman–Crippen MR) is 58.1 cm³/mol. The first-order chi connectivity index (χ1) is 6.35. The lowest BCUT2D eigenvalue weighted by Crippen LogP contribution is -2.12. The maximum absolute atomic E-state index is 8.63. The molecule has 0 saturated carbocycles. The van der Waals surface area contributed by atoms with Crippen LogP contribution in [0.15, 0.2) is 10.2 Å². The van der Waals surface area contributed by atoms with Crippen molar-refractivity contribution in [2.45, 2.75) is 59.0 Å². The van der Waals surface area contributed by atoms with Crippen molar-refractivity contribution in [2.75, 3.05) is 0 Å². The average Bonchev–Trinajstić information content (AvgIpc) is 1.98. The van der Waals surface area contributed by atoms with E-state index in [0.717, 1.165) is 6.42 Å². The molecule has 14 heavy (non-hydrogen) atoms. The summed E-state index contributed by atoms with van der Waals surface area (Å²) in [4.78, 5) is 0. The quantitative estimate of drug-likeness (QED) is 0.632. The Bertz CT molecular complexity index is 218. The standard InChI is InChI=1S/C11H21N3/c1-9(2)8-10(6-7-12)13-14-11(3,4)5/h9-10H,6,8H2,1-5H3/t10-/m1/s1. The van der Waals surface area contributed by atoms with Gasteiger partial charge in [0, 0.05) is 0 Å². The lowest BCUT2D eigenvalue weighted by Gasteiger charge is -2.14. The predicted octanol–water partition coefficient (Wildman–Crippen LogP) is 3.57. The van der Waals surface area contributed by atoms with Crippen LogP contribution < -0.4 is 0 Å². The van der Waals surface area contributed by atoms with Crippen molar-refractivity contribution in [3.63, 3.8) is 0 Å². The van der Waals surface area contributed by atoms with Crippen molar-refractivity contribution in [1.29, 1.82) is 5.26 Å². The molecule has 0 bridgehead atoms. The zero-order valence-electron chi connectivity index (χ0n) is 9.91. The number of nitriles is 1. The molecular weight excluding hydrogens is 174 g/mol. The molecule has 3 nitrogen and oxygen atoms in total. The van der Waals surface area contributed by atoms with Crippen LogP contribution in [0.1, 0.15) is 47.5 Å². The van der Waals surface area contributed by atoms with E-state index in [9.17, 15) is 0 Å². The molecule has 0 aliphatic carbocycles. The van der Waals surface area contributed by atoms with Gasteiger partial charge in [-0.3, -0.25) is 0 Å². The average molecular weight is 195 g/mol. The summed E-state index contributed by atoms with van der Waals surface area (Å²) in [7, 11) is 0. The van der Waals surface area contributed by atoms with Gasteiger partial charge in [0.2, 0.25) is 0 Å².